The molecule has 0 spiro atoms. The minimum absolute atomic E-state index is 0.269. The van der Waals surface area contributed by atoms with E-state index >= 15 is 0 Å². The lowest BCUT2D eigenvalue weighted by molar-refractivity contribution is 0.0574. The number of halogens is 1. The molecule has 1 saturated carbocycles. The molecule has 1 aliphatic heterocycles. The Hall–Kier alpha value is -2.39. The topological polar surface area (TPSA) is 106 Å². The van der Waals surface area contributed by atoms with E-state index < -0.39 is 0 Å². The number of ether oxygens (including phenoxy) is 2. The maximum atomic E-state index is 6.55. The van der Waals surface area contributed by atoms with Crippen molar-refractivity contribution in [1.82, 2.24) is 15.3 Å². The smallest absolute Gasteiger partial charge is 0.126 e. The second-order valence-corrected chi connectivity index (χ2v) is 10.6. The van der Waals surface area contributed by atoms with E-state index in [0.717, 1.165) is 73.7 Å². The molecule has 4 rings (SSSR count). The summed E-state index contributed by atoms with van der Waals surface area (Å²) in [5.74, 6) is 2.59. The van der Waals surface area contributed by atoms with Gasteiger partial charge in [-0.2, -0.15) is 0 Å². The highest BCUT2D eigenvalue weighted by molar-refractivity contribution is 6.33. The first-order valence-electron chi connectivity index (χ1n) is 13.4. The lowest BCUT2D eigenvalue weighted by Gasteiger charge is -2.33. The van der Waals surface area contributed by atoms with E-state index in [2.05, 4.69) is 20.9 Å². The first-order valence-corrected chi connectivity index (χ1v) is 13.8. The standard InChI is InChI=1S/C28H41ClN6O2/c1-3-20(2)37-16-13-31-21-7-9-22(10-8-21)34-27-17-23(24(29)18-32-27)25-5-4-6-26(35-25)33-19-28(30)11-14-36-15-12-28/h3-6,17-18,21-22,31H,7-16,19,30H2,1-2H3,(H,32,34)(H,33,35)/b20-3+/t21-,22-. The maximum absolute atomic E-state index is 6.55. The van der Waals surface area contributed by atoms with Crippen molar-refractivity contribution >= 4 is 23.2 Å². The van der Waals surface area contributed by atoms with Gasteiger partial charge < -0.3 is 31.2 Å². The highest BCUT2D eigenvalue weighted by Crippen LogP contribution is 2.30. The van der Waals surface area contributed by atoms with Crippen LogP contribution in [0.15, 0.2) is 42.3 Å². The molecule has 0 unspecified atom stereocenters. The molecule has 2 aromatic rings. The fourth-order valence-electron chi connectivity index (χ4n) is 4.83. The molecular formula is C28H41ClN6O2. The zero-order valence-electron chi connectivity index (χ0n) is 22.1. The molecular weight excluding hydrogens is 488 g/mol. The van der Waals surface area contributed by atoms with Crippen LogP contribution < -0.4 is 21.7 Å². The Morgan fingerprint density at radius 3 is 2.70 bits per heavy atom. The van der Waals surface area contributed by atoms with Crippen LogP contribution in [0, 0.1) is 0 Å². The summed E-state index contributed by atoms with van der Waals surface area (Å²) in [6, 6.07) is 8.85. The fourth-order valence-corrected chi connectivity index (χ4v) is 5.03. The van der Waals surface area contributed by atoms with E-state index in [0.29, 0.717) is 43.5 Å². The molecule has 2 fully saturated rings. The van der Waals surface area contributed by atoms with Gasteiger partial charge in [-0.05, 0) is 70.6 Å². The van der Waals surface area contributed by atoms with E-state index in [9.17, 15) is 0 Å². The van der Waals surface area contributed by atoms with E-state index in [1.807, 2.05) is 44.2 Å². The Morgan fingerprint density at radius 2 is 1.95 bits per heavy atom. The molecule has 2 aliphatic rings. The number of nitrogens with two attached hydrogens (primary N) is 1. The van der Waals surface area contributed by atoms with E-state index in [-0.39, 0.29) is 5.54 Å². The number of hydrogen-bond acceptors (Lipinski definition) is 8. The van der Waals surface area contributed by atoms with Gasteiger partial charge in [0.2, 0.25) is 0 Å². The largest absolute Gasteiger partial charge is 0.497 e. The normalized spacial score (nSPS) is 21.9. The zero-order chi connectivity index (χ0) is 26.1. The lowest BCUT2D eigenvalue weighted by Crippen LogP contribution is -2.50. The summed E-state index contributed by atoms with van der Waals surface area (Å²) >= 11 is 6.55. The van der Waals surface area contributed by atoms with Crippen LogP contribution in [0.3, 0.4) is 0 Å². The van der Waals surface area contributed by atoms with Crippen molar-refractivity contribution in [3.63, 3.8) is 0 Å². The first-order chi connectivity index (χ1) is 17.9. The van der Waals surface area contributed by atoms with Crippen molar-refractivity contribution in [3.05, 3.63) is 47.3 Å². The minimum Gasteiger partial charge on any atom is -0.497 e. The molecule has 202 valence electrons. The Morgan fingerprint density at radius 1 is 1.19 bits per heavy atom. The van der Waals surface area contributed by atoms with Crippen molar-refractivity contribution < 1.29 is 9.47 Å². The summed E-state index contributed by atoms with van der Waals surface area (Å²) in [6.07, 6.45) is 9.82. The number of allylic oxidation sites excluding steroid dienone is 2. The Labute approximate surface area is 225 Å². The van der Waals surface area contributed by atoms with Gasteiger partial charge in [0.15, 0.2) is 0 Å². The summed E-state index contributed by atoms with van der Waals surface area (Å²) < 4.78 is 11.1. The summed E-state index contributed by atoms with van der Waals surface area (Å²) in [6.45, 7) is 7.63. The van der Waals surface area contributed by atoms with Gasteiger partial charge in [-0.15, -0.1) is 0 Å². The molecule has 5 N–H and O–H groups in total. The molecule has 3 heterocycles. The van der Waals surface area contributed by atoms with Gasteiger partial charge in [0, 0.05) is 55.7 Å². The molecule has 9 heteroatoms. The molecule has 1 saturated heterocycles. The third-order valence-corrected chi connectivity index (χ3v) is 7.64. The molecule has 8 nitrogen and oxygen atoms in total. The number of aromatic nitrogens is 2. The van der Waals surface area contributed by atoms with Crippen LogP contribution in [0.2, 0.25) is 5.02 Å². The van der Waals surface area contributed by atoms with Crippen molar-refractivity contribution in [2.75, 3.05) is 43.5 Å². The third-order valence-electron chi connectivity index (χ3n) is 7.34. The van der Waals surface area contributed by atoms with Crippen molar-refractivity contribution in [2.24, 2.45) is 5.73 Å². The number of nitrogens with one attached hydrogen (secondary N) is 3. The summed E-state index contributed by atoms with van der Waals surface area (Å²) in [4.78, 5) is 9.35. The van der Waals surface area contributed by atoms with E-state index in [1.165, 1.54) is 0 Å². The quantitative estimate of drug-likeness (QED) is 0.239. The molecule has 0 bridgehead atoms. The van der Waals surface area contributed by atoms with Gasteiger partial charge >= 0.3 is 0 Å². The molecule has 1 aliphatic carbocycles. The SMILES string of the molecule is C/C=C(\C)OCCN[C@H]1CC[C@H](Nc2cc(-c3cccc(NCC4(N)CCOCC4)n3)c(Cl)cn2)CC1. The second kappa shape index (κ2) is 13.4. The van der Waals surface area contributed by atoms with Crippen LogP contribution in [-0.4, -0.2) is 60.5 Å². The molecule has 37 heavy (non-hydrogen) atoms. The number of anilines is 2. The molecule has 0 radical (unpaired) electrons. The summed E-state index contributed by atoms with van der Waals surface area (Å²) in [5.41, 5.74) is 7.93. The zero-order valence-corrected chi connectivity index (χ0v) is 22.8. The van der Waals surface area contributed by atoms with Gasteiger partial charge in [-0.3, -0.25) is 0 Å². The molecule has 0 amide bonds. The molecule has 2 aromatic heterocycles. The van der Waals surface area contributed by atoms with Gasteiger partial charge in [0.05, 0.1) is 16.5 Å². The first kappa shape index (κ1) is 27.6. The fraction of sp³-hybridized carbons (Fsp3) is 0.571. The van der Waals surface area contributed by atoms with Gasteiger partial charge in [0.25, 0.3) is 0 Å². The van der Waals surface area contributed by atoms with Crippen molar-refractivity contribution in [3.8, 4) is 11.3 Å². The van der Waals surface area contributed by atoms with Crippen LogP contribution in [0.1, 0.15) is 52.4 Å². The Balaban J connectivity index is 1.30. The van der Waals surface area contributed by atoms with Crippen LogP contribution in [0.4, 0.5) is 11.6 Å². The minimum atomic E-state index is -0.269. The number of nitrogens with zero attached hydrogens (tertiary/aromatic N) is 2. The van der Waals surface area contributed by atoms with Crippen LogP contribution in [-0.2, 0) is 9.47 Å². The van der Waals surface area contributed by atoms with E-state index in [4.69, 9.17) is 31.8 Å². The van der Waals surface area contributed by atoms with Gasteiger partial charge in [0.1, 0.15) is 18.2 Å². The van der Waals surface area contributed by atoms with Gasteiger partial charge in [-0.25, -0.2) is 9.97 Å². The second-order valence-electron chi connectivity index (χ2n) is 10.2. The van der Waals surface area contributed by atoms with Crippen molar-refractivity contribution in [1.29, 1.82) is 0 Å². The monoisotopic (exact) mass is 528 g/mol. The van der Waals surface area contributed by atoms with Crippen LogP contribution >= 0.6 is 11.6 Å². The Bertz CT molecular complexity index is 1040. The average molecular weight is 529 g/mol. The van der Waals surface area contributed by atoms with Gasteiger partial charge in [-0.1, -0.05) is 23.7 Å². The van der Waals surface area contributed by atoms with E-state index in [1.54, 1.807) is 6.20 Å². The Kier molecular flexibility index (Phi) is 10.0. The average Bonchev–Trinajstić information content (AvgIpc) is 2.92. The maximum Gasteiger partial charge on any atom is 0.126 e. The summed E-state index contributed by atoms with van der Waals surface area (Å²) in [5, 5.41) is 11.2. The van der Waals surface area contributed by atoms with Crippen LogP contribution in [0.5, 0.6) is 0 Å². The number of hydrogen-bond donors (Lipinski definition) is 4. The van der Waals surface area contributed by atoms with Crippen LogP contribution in [0.25, 0.3) is 11.3 Å². The summed E-state index contributed by atoms with van der Waals surface area (Å²) in [7, 11) is 0. The third kappa shape index (κ3) is 8.30. The highest BCUT2D eigenvalue weighted by atomic mass is 35.5. The lowest BCUT2D eigenvalue weighted by atomic mass is 9.91. The van der Waals surface area contributed by atoms with Crippen molar-refractivity contribution in [2.45, 2.75) is 70.0 Å². The molecule has 0 aromatic carbocycles. The predicted octanol–water partition coefficient (Wildman–Crippen LogP) is 4.97. The number of pyridine rings is 2. The highest BCUT2D eigenvalue weighted by Gasteiger charge is 2.28. The molecule has 0 atom stereocenters. The number of rotatable bonds is 11. The predicted molar refractivity (Wildman–Crippen MR) is 151 cm³/mol.